The molecule has 1 aromatic heterocycles. The molecule has 0 radical (unpaired) electrons. The van der Waals surface area contributed by atoms with Crippen molar-refractivity contribution in [3.63, 3.8) is 0 Å². The number of amides is 1. The number of aliphatic hydroxyl groups is 1. The summed E-state index contributed by atoms with van der Waals surface area (Å²) < 4.78 is 0. The molecule has 5 heteroatoms. The van der Waals surface area contributed by atoms with Crippen molar-refractivity contribution in [2.24, 2.45) is 0 Å². The molecule has 25 heavy (non-hydrogen) atoms. The Labute approximate surface area is 146 Å². The van der Waals surface area contributed by atoms with Crippen LogP contribution in [-0.2, 0) is 0 Å². The Hall–Kier alpha value is -2.92. The number of aromatic amines is 1. The lowest BCUT2D eigenvalue weighted by atomic mass is 10.0. The molecule has 3 aromatic rings. The van der Waals surface area contributed by atoms with Crippen molar-refractivity contribution >= 4 is 5.91 Å². The summed E-state index contributed by atoms with van der Waals surface area (Å²) in [5, 5.41) is 19.2. The molecule has 0 fully saturated rings. The van der Waals surface area contributed by atoms with E-state index in [0.29, 0.717) is 24.1 Å². The number of aromatic nitrogens is 2. The van der Waals surface area contributed by atoms with Gasteiger partial charge in [0.2, 0.25) is 0 Å². The molecule has 1 unspecified atom stereocenters. The average molecular weight is 335 g/mol. The Morgan fingerprint density at radius 3 is 2.44 bits per heavy atom. The van der Waals surface area contributed by atoms with Gasteiger partial charge >= 0.3 is 0 Å². The van der Waals surface area contributed by atoms with Crippen LogP contribution in [0.25, 0.3) is 11.3 Å². The third kappa shape index (κ3) is 4.14. The zero-order valence-electron chi connectivity index (χ0n) is 13.9. The molecular formula is C20H21N3O2. The molecule has 0 saturated heterocycles. The second-order valence-electron chi connectivity index (χ2n) is 5.83. The van der Waals surface area contributed by atoms with Gasteiger partial charge in [0, 0.05) is 12.2 Å². The molecule has 0 aliphatic carbocycles. The molecule has 1 atom stereocenters. The van der Waals surface area contributed by atoms with Crippen molar-refractivity contribution in [1.82, 2.24) is 15.5 Å². The van der Waals surface area contributed by atoms with Crippen molar-refractivity contribution in [1.29, 1.82) is 0 Å². The van der Waals surface area contributed by atoms with Gasteiger partial charge in [-0.1, -0.05) is 60.7 Å². The van der Waals surface area contributed by atoms with E-state index in [1.807, 2.05) is 60.7 Å². The number of hydrogen-bond donors (Lipinski definition) is 3. The van der Waals surface area contributed by atoms with Gasteiger partial charge in [-0.2, -0.15) is 5.10 Å². The van der Waals surface area contributed by atoms with Crippen LogP contribution in [0.4, 0.5) is 0 Å². The topological polar surface area (TPSA) is 78.0 Å². The predicted molar refractivity (Wildman–Crippen MR) is 97.0 cm³/mol. The first-order valence-corrected chi connectivity index (χ1v) is 8.35. The zero-order valence-corrected chi connectivity index (χ0v) is 13.9. The molecule has 3 rings (SSSR count). The maximum absolute atomic E-state index is 12.8. The second-order valence-corrected chi connectivity index (χ2v) is 5.83. The van der Waals surface area contributed by atoms with E-state index >= 15 is 0 Å². The van der Waals surface area contributed by atoms with Crippen molar-refractivity contribution in [2.45, 2.75) is 18.9 Å². The Morgan fingerprint density at radius 1 is 1.08 bits per heavy atom. The predicted octanol–water partition coefficient (Wildman–Crippen LogP) is 3.32. The van der Waals surface area contributed by atoms with Gasteiger partial charge in [-0.25, -0.2) is 0 Å². The number of carbonyl (C=O) groups excluding carboxylic acids is 1. The van der Waals surface area contributed by atoms with E-state index in [1.54, 1.807) is 6.20 Å². The lowest BCUT2D eigenvalue weighted by molar-refractivity contribution is 0.0933. The number of carbonyl (C=O) groups is 1. The summed E-state index contributed by atoms with van der Waals surface area (Å²) in [6.07, 6.45) is 2.84. The normalized spacial score (nSPS) is 11.9. The number of hydrogen-bond acceptors (Lipinski definition) is 3. The monoisotopic (exact) mass is 335 g/mol. The minimum Gasteiger partial charge on any atom is -0.396 e. The Balaban J connectivity index is 1.82. The Bertz CT molecular complexity index is 800. The van der Waals surface area contributed by atoms with Gasteiger partial charge in [0.25, 0.3) is 5.91 Å². The molecule has 3 N–H and O–H groups in total. The molecular weight excluding hydrogens is 314 g/mol. The number of nitrogens with one attached hydrogen (secondary N) is 2. The first-order chi connectivity index (χ1) is 12.3. The summed E-state index contributed by atoms with van der Waals surface area (Å²) in [6.45, 7) is 0.0974. The molecule has 0 saturated carbocycles. The molecule has 1 heterocycles. The average Bonchev–Trinajstić information content (AvgIpc) is 3.16. The smallest absolute Gasteiger partial charge is 0.255 e. The minimum atomic E-state index is -0.181. The van der Waals surface area contributed by atoms with Crippen LogP contribution in [0.3, 0.4) is 0 Å². The summed E-state index contributed by atoms with van der Waals surface area (Å²) in [7, 11) is 0. The van der Waals surface area contributed by atoms with E-state index in [4.69, 9.17) is 5.11 Å². The third-order valence-electron chi connectivity index (χ3n) is 4.10. The maximum atomic E-state index is 12.8. The third-order valence-corrected chi connectivity index (χ3v) is 4.10. The summed E-state index contributed by atoms with van der Waals surface area (Å²) in [5.41, 5.74) is 3.15. The van der Waals surface area contributed by atoms with Crippen LogP contribution in [0.2, 0.25) is 0 Å². The lowest BCUT2D eigenvalue weighted by Gasteiger charge is -2.19. The van der Waals surface area contributed by atoms with Gasteiger partial charge in [0.05, 0.1) is 23.5 Å². The molecule has 0 aliphatic rings. The highest BCUT2D eigenvalue weighted by Gasteiger charge is 2.19. The van der Waals surface area contributed by atoms with Crippen molar-refractivity contribution in [3.8, 4) is 11.3 Å². The van der Waals surface area contributed by atoms with Crippen LogP contribution in [-0.4, -0.2) is 27.8 Å². The standard InChI is InChI=1S/C20H21N3O2/c24-13-7-12-18(15-8-3-1-4-9-15)22-20(25)17-14-21-23-19(17)16-10-5-2-6-11-16/h1-6,8-11,14,18,24H,7,12-13H2,(H,21,23)(H,22,25). The fraction of sp³-hybridized carbons (Fsp3) is 0.200. The maximum Gasteiger partial charge on any atom is 0.255 e. The lowest BCUT2D eigenvalue weighted by Crippen LogP contribution is -2.29. The van der Waals surface area contributed by atoms with E-state index in [9.17, 15) is 4.79 Å². The highest BCUT2D eigenvalue weighted by molar-refractivity contribution is 5.99. The van der Waals surface area contributed by atoms with Gasteiger partial charge in [-0.15, -0.1) is 0 Å². The van der Waals surface area contributed by atoms with E-state index in [1.165, 1.54) is 0 Å². The Morgan fingerprint density at radius 2 is 1.76 bits per heavy atom. The summed E-state index contributed by atoms with van der Waals surface area (Å²) in [5.74, 6) is -0.181. The fourth-order valence-corrected chi connectivity index (χ4v) is 2.82. The first kappa shape index (κ1) is 16.9. The van der Waals surface area contributed by atoms with E-state index in [2.05, 4.69) is 15.5 Å². The molecule has 5 nitrogen and oxygen atoms in total. The molecule has 0 aliphatic heterocycles. The summed E-state index contributed by atoms with van der Waals surface area (Å²) in [6, 6.07) is 19.3. The van der Waals surface area contributed by atoms with E-state index in [-0.39, 0.29) is 18.6 Å². The molecule has 0 bridgehead atoms. The van der Waals surface area contributed by atoms with Crippen LogP contribution in [0.1, 0.15) is 34.8 Å². The number of nitrogens with zero attached hydrogens (tertiary/aromatic N) is 1. The van der Waals surface area contributed by atoms with Crippen molar-refractivity contribution in [3.05, 3.63) is 78.0 Å². The second kappa shape index (κ2) is 8.26. The SMILES string of the molecule is O=C(NC(CCCO)c1ccccc1)c1cn[nH]c1-c1ccccc1. The number of benzene rings is 2. The van der Waals surface area contributed by atoms with E-state index < -0.39 is 0 Å². The molecule has 1 amide bonds. The van der Waals surface area contributed by atoms with Crippen LogP contribution >= 0.6 is 0 Å². The van der Waals surface area contributed by atoms with Crippen LogP contribution < -0.4 is 5.32 Å². The highest BCUT2D eigenvalue weighted by atomic mass is 16.3. The number of H-pyrrole nitrogens is 1. The first-order valence-electron chi connectivity index (χ1n) is 8.35. The van der Waals surface area contributed by atoms with Crippen molar-refractivity contribution in [2.75, 3.05) is 6.61 Å². The number of aliphatic hydroxyl groups excluding tert-OH is 1. The molecule has 0 spiro atoms. The molecule has 2 aromatic carbocycles. The fourth-order valence-electron chi connectivity index (χ4n) is 2.82. The largest absolute Gasteiger partial charge is 0.396 e. The van der Waals surface area contributed by atoms with Crippen LogP contribution in [0.15, 0.2) is 66.9 Å². The number of rotatable bonds is 7. The summed E-state index contributed by atoms with van der Waals surface area (Å²) in [4.78, 5) is 12.8. The Kier molecular flexibility index (Phi) is 5.59. The van der Waals surface area contributed by atoms with Gasteiger partial charge in [0.1, 0.15) is 0 Å². The van der Waals surface area contributed by atoms with Crippen LogP contribution in [0, 0.1) is 0 Å². The van der Waals surface area contributed by atoms with Gasteiger partial charge < -0.3 is 10.4 Å². The molecule has 128 valence electrons. The van der Waals surface area contributed by atoms with Crippen LogP contribution in [0.5, 0.6) is 0 Å². The van der Waals surface area contributed by atoms with E-state index in [0.717, 1.165) is 11.1 Å². The zero-order chi connectivity index (χ0) is 17.5. The minimum absolute atomic E-state index is 0.0974. The van der Waals surface area contributed by atoms with Gasteiger partial charge in [-0.3, -0.25) is 9.89 Å². The quantitative estimate of drug-likeness (QED) is 0.620. The van der Waals surface area contributed by atoms with Gasteiger partial charge in [-0.05, 0) is 18.4 Å². The van der Waals surface area contributed by atoms with Crippen molar-refractivity contribution < 1.29 is 9.90 Å². The summed E-state index contributed by atoms with van der Waals surface area (Å²) >= 11 is 0. The highest BCUT2D eigenvalue weighted by Crippen LogP contribution is 2.23. The van der Waals surface area contributed by atoms with Gasteiger partial charge in [0.15, 0.2) is 0 Å².